The summed E-state index contributed by atoms with van der Waals surface area (Å²) in [7, 11) is 1.38. The number of anilines is 1. The van der Waals surface area contributed by atoms with Gasteiger partial charge in [-0.2, -0.15) is 26.3 Å². The molecule has 1 spiro atoms. The van der Waals surface area contributed by atoms with E-state index in [1.165, 1.54) is 17.5 Å². The third-order valence-electron chi connectivity index (χ3n) is 9.07. The Morgan fingerprint density at radius 1 is 0.933 bits per heavy atom. The molecule has 2 aliphatic rings. The van der Waals surface area contributed by atoms with Crippen molar-refractivity contribution >= 4 is 17.5 Å². The van der Waals surface area contributed by atoms with Gasteiger partial charge in [0.25, 0.3) is 5.91 Å². The summed E-state index contributed by atoms with van der Waals surface area (Å²) in [6, 6.07) is 12.6. The number of benzene rings is 2. The number of pyridine rings is 1. The van der Waals surface area contributed by atoms with Crippen molar-refractivity contribution in [2.24, 2.45) is 0 Å². The van der Waals surface area contributed by atoms with E-state index < -0.39 is 35.0 Å². The minimum absolute atomic E-state index is 0.0142. The summed E-state index contributed by atoms with van der Waals surface area (Å²) in [6.45, 7) is 4.57. The molecule has 12 heteroatoms. The van der Waals surface area contributed by atoms with Gasteiger partial charge in [0.1, 0.15) is 0 Å². The van der Waals surface area contributed by atoms with Crippen LogP contribution in [0.25, 0.3) is 0 Å². The number of carbonyl (C=O) groups is 2. The summed E-state index contributed by atoms with van der Waals surface area (Å²) in [6.07, 6.45) is -4.56. The molecule has 0 N–H and O–H groups in total. The van der Waals surface area contributed by atoms with E-state index >= 15 is 0 Å². The molecule has 0 aliphatic carbocycles. The van der Waals surface area contributed by atoms with Crippen molar-refractivity contribution in [2.45, 2.75) is 49.9 Å². The molecule has 2 amide bonds. The number of halogens is 6. The molecule has 1 atom stereocenters. The molecule has 240 valence electrons. The first kappa shape index (κ1) is 32.5. The second kappa shape index (κ2) is 12.5. The number of likely N-dealkylation sites (N-methyl/N-ethyl adjacent to an activating group) is 1. The number of alkyl halides is 6. The number of hydrogen-bond donors (Lipinski definition) is 0. The highest BCUT2D eigenvalue weighted by Crippen LogP contribution is 2.47. The number of likely N-dealkylation sites (tertiary alicyclic amines) is 1. The Balaban J connectivity index is 1.28. The fraction of sp³-hybridized carbons (Fsp3) is 0.424. The zero-order chi connectivity index (χ0) is 32.6. The van der Waals surface area contributed by atoms with Gasteiger partial charge in [-0.1, -0.05) is 18.2 Å². The maximum atomic E-state index is 13.4. The van der Waals surface area contributed by atoms with E-state index in [9.17, 15) is 35.9 Å². The van der Waals surface area contributed by atoms with E-state index in [1.54, 1.807) is 31.5 Å². The van der Waals surface area contributed by atoms with Crippen LogP contribution < -0.4 is 4.90 Å². The van der Waals surface area contributed by atoms with Crippen molar-refractivity contribution in [1.82, 2.24) is 14.8 Å². The Kier molecular flexibility index (Phi) is 8.99. The molecule has 0 saturated carbocycles. The Hall–Kier alpha value is -3.93. The second-order valence-electron chi connectivity index (χ2n) is 12.0. The van der Waals surface area contributed by atoms with Crippen LogP contribution in [-0.4, -0.2) is 66.4 Å². The SMILES string of the molecule is CC(=O)N1CC2(CCN(CCC(CN(C)C(=O)c3cc(C(F)(F)F)cc(C(F)(F)F)c3)c3ccncc3)CC2)c2ccccc21. The molecule has 6 nitrogen and oxygen atoms in total. The van der Waals surface area contributed by atoms with Crippen molar-refractivity contribution in [1.29, 1.82) is 0 Å². The number of nitrogens with zero attached hydrogens (tertiary/aromatic N) is 4. The van der Waals surface area contributed by atoms with Crippen LogP contribution in [0, 0.1) is 0 Å². The molecule has 1 saturated heterocycles. The standard InChI is InChI=1S/C33H34F6N4O2/c1-22(44)43-21-31(28-5-3-4-6-29(28)43)10-15-42(16-11-31)14-9-24(23-7-12-40-13-8-23)20-41(2)30(45)25-17-26(32(34,35)36)19-27(18-25)33(37,38)39/h3-8,12-13,17-19,24H,9-11,14-16,20-21H2,1-2H3. The van der Waals surface area contributed by atoms with Crippen LogP contribution in [-0.2, 0) is 22.6 Å². The molecule has 1 fully saturated rings. The minimum atomic E-state index is -5.05. The van der Waals surface area contributed by atoms with Gasteiger partial charge in [-0.15, -0.1) is 0 Å². The molecular weight excluding hydrogens is 598 g/mol. The third-order valence-corrected chi connectivity index (χ3v) is 9.07. The number of para-hydroxylation sites is 1. The Labute approximate surface area is 257 Å². The molecule has 1 aromatic heterocycles. The third kappa shape index (κ3) is 7.00. The van der Waals surface area contributed by atoms with Gasteiger partial charge < -0.3 is 14.7 Å². The second-order valence-corrected chi connectivity index (χ2v) is 12.0. The van der Waals surface area contributed by atoms with Gasteiger partial charge in [0.05, 0.1) is 11.1 Å². The fourth-order valence-corrected chi connectivity index (χ4v) is 6.59. The molecule has 3 heterocycles. The number of hydrogen-bond acceptors (Lipinski definition) is 4. The first-order valence-electron chi connectivity index (χ1n) is 14.7. The van der Waals surface area contributed by atoms with Crippen LogP contribution in [0.2, 0.25) is 0 Å². The molecule has 2 aliphatic heterocycles. The highest BCUT2D eigenvalue weighted by atomic mass is 19.4. The molecule has 3 aromatic rings. The smallest absolute Gasteiger partial charge is 0.341 e. The normalized spacial score (nSPS) is 17.3. The summed E-state index contributed by atoms with van der Waals surface area (Å²) in [4.78, 5) is 35.0. The van der Waals surface area contributed by atoms with Gasteiger partial charge in [0.15, 0.2) is 0 Å². The van der Waals surface area contributed by atoms with Gasteiger partial charge in [-0.25, -0.2) is 0 Å². The van der Waals surface area contributed by atoms with Crippen molar-refractivity contribution in [3.8, 4) is 0 Å². The van der Waals surface area contributed by atoms with Crippen molar-refractivity contribution in [2.75, 3.05) is 44.7 Å². The Bertz CT molecular complexity index is 1500. The summed E-state index contributed by atoms with van der Waals surface area (Å²) in [5.41, 5.74) is -0.829. The highest BCUT2D eigenvalue weighted by molar-refractivity contribution is 5.95. The van der Waals surface area contributed by atoms with Crippen LogP contribution in [0.1, 0.15) is 64.7 Å². The monoisotopic (exact) mass is 632 g/mol. The van der Waals surface area contributed by atoms with E-state index in [0.717, 1.165) is 37.2 Å². The molecule has 2 aromatic carbocycles. The first-order chi connectivity index (χ1) is 21.2. The van der Waals surface area contributed by atoms with E-state index in [1.807, 2.05) is 23.1 Å². The van der Waals surface area contributed by atoms with E-state index in [-0.39, 0.29) is 29.9 Å². The number of aromatic nitrogens is 1. The first-order valence-corrected chi connectivity index (χ1v) is 14.7. The van der Waals surface area contributed by atoms with E-state index in [0.29, 0.717) is 31.6 Å². The fourth-order valence-electron chi connectivity index (χ4n) is 6.59. The summed E-state index contributed by atoms with van der Waals surface area (Å²) < 4.78 is 80.5. The summed E-state index contributed by atoms with van der Waals surface area (Å²) in [5, 5.41) is 0. The Morgan fingerprint density at radius 2 is 1.53 bits per heavy atom. The maximum absolute atomic E-state index is 13.4. The van der Waals surface area contributed by atoms with Crippen LogP contribution in [0.3, 0.4) is 0 Å². The van der Waals surface area contributed by atoms with E-state index in [2.05, 4.69) is 16.0 Å². The lowest BCUT2D eigenvalue weighted by atomic mass is 9.74. The molecule has 45 heavy (non-hydrogen) atoms. The number of fused-ring (bicyclic) bond motifs is 2. The number of piperidine rings is 1. The molecule has 0 bridgehead atoms. The van der Waals surface area contributed by atoms with Gasteiger partial charge in [-0.3, -0.25) is 14.6 Å². The van der Waals surface area contributed by atoms with Crippen LogP contribution >= 0.6 is 0 Å². The van der Waals surface area contributed by atoms with Gasteiger partial charge in [0.2, 0.25) is 5.91 Å². The number of carbonyl (C=O) groups excluding carboxylic acids is 2. The predicted octanol–water partition coefficient (Wildman–Crippen LogP) is 6.77. The van der Waals surface area contributed by atoms with Crippen molar-refractivity contribution in [3.63, 3.8) is 0 Å². The molecule has 5 rings (SSSR count). The van der Waals surface area contributed by atoms with Crippen LogP contribution in [0.15, 0.2) is 67.0 Å². The van der Waals surface area contributed by atoms with E-state index in [4.69, 9.17) is 0 Å². The van der Waals surface area contributed by atoms with Crippen molar-refractivity contribution < 1.29 is 35.9 Å². The lowest BCUT2D eigenvalue weighted by Crippen LogP contribution is -2.46. The summed E-state index contributed by atoms with van der Waals surface area (Å²) >= 11 is 0. The largest absolute Gasteiger partial charge is 0.416 e. The Morgan fingerprint density at radius 3 is 2.11 bits per heavy atom. The van der Waals surface area contributed by atoms with Gasteiger partial charge in [0, 0.05) is 62.0 Å². The zero-order valence-electron chi connectivity index (χ0n) is 25.0. The number of rotatable bonds is 7. The van der Waals surface area contributed by atoms with Crippen LogP contribution in [0.5, 0.6) is 0 Å². The topological polar surface area (TPSA) is 56.8 Å². The number of amides is 2. The van der Waals surface area contributed by atoms with Gasteiger partial charge >= 0.3 is 12.4 Å². The minimum Gasteiger partial charge on any atom is -0.341 e. The average molecular weight is 633 g/mol. The average Bonchev–Trinajstić information content (AvgIpc) is 3.33. The maximum Gasteiger partial charge on any atom is 0.416 e. The lowest BCUT2D eigenvalue weighted by Gasteiger charge is -2.40. The molecule has 1 unspecified atom stereocenters. The lowest BCUT2D eigenvalue weighted by molar-refractivity contribution is -0.143. The molecular formula is C33H34F6N4O2. The summed E-state index contributed by atoms with van der Waals surface area (Å²) in [5.74, 6) is -1.16. The quantitative estimate of drug-likeness (QED) is 0.270. The predicted molar refractivity (Wildman–Crippen MR) is 157 cm³/mol. The van der Waals surface area contributed by atoms with Crippen molar-refractivity contribution in [3.05, 3.63) is 94.8 Å². The van der Waals surface area contributed by atoms with Crippen LogP contribution in [0.4, 0.5) is 32.0 Å². The zero-order valence-corrected chi connectivity index (χ0v) is 25.0. The van der Waals surface area contributed by atoms with Gasteiger partial charge in [-0.05, 0) is 86.4 Å². The molecule has 0 radical (unpaired) electrons. The highest BCUT2D eigenvalue weighted by Gasteiger charge is 2.45.